The summed E-state index contributed by atoms with van der Waals surface area (Å²) in [7, 11) is -0.807. The number of carbonyl (C=O) groups excluding carboxylic acids is 1. The van der Waals surface area contributed by atoms with Crippen molar-refractivity contribution in [1.29, 1.82) is 0 Å². The summed E-state index contributed by atoms with van der Waals surface area (Å²) in [6, 6.07) is 42.8. The Hall–Kier alpha value is -3.80. The lowest BCUT2D eigenvalue weighted by Gasteiger charge is -2.51. The van der Waals surface area contributed by atoms with Crippen LogP contribution >= 0.6 is 7.92 Å². The molecule has 1 nitrogen and oxygen atoms in total. The van der Waals surface area contributed by atoms with Gasteiger partial charge in [-0.3, -0.25) is 4.79 Å². The van der Waals surface area contributed by atoms with Crippen molar-refractivity contribution in [3.05, 3.63) is 171 Å². The van der Waals surface area contributed by atoms with E-state index in [1.807, 2.05) is 0 Å². The second kappa shape index (κ2) is 13.0. The number of aryl methyl sites for hydroxylation is 4. The minimum atomic E-state index is -0.807. The first-order valence-electron chi connectivity index (χ1n) is 17.1. The molecule has 47 heavy (non-hydrogen) atoms. The molecule has 0 bridgehead atoms. The van der Waals surface area contributed by atoms with Crippen molar-refractivity contribution in [3.8, 4) is 0 Å². The summed E-state index contributed by atoms with van der Waals surface area (Å²) in [4.78, 5) is 13.4. The highest BCUT2D eigenvalue weighted by molar-refractivity contribution is 7.69. The zero-order valence-corrected chi connectivity index (χ0v) is 30.3. The number of rotatable bonds is 7. The van der Waals surface area contributed by atoms with Crippen molar-refractivity contribution in [3.63, 3.8) is 0 Å². The Morgan fingerprint density at radius 1 is 0.489 bits per heavy atom. The van der Waals surface area contributed by atoms with Crippen molar-refractivity contribution in [2.24, 2.45) is 0 Å². The van der Waals surface area contributed by atoms with Crippen molar-refractivity contribution < 1.29 is 4.79 Å². The molecule has 1 aliphatic heterocycles. The largest absolute Gasteiger partial charge is 0.300 e. The number of benzene rings is 5. The number of Topliss-reactive ketones (excluding diaryl/α,β-unsaturated/α-hetero) is 1. The van der Waals surface area contributed by atoms with Gasteiger partial charge in [-0.05, 0) is 98.9 Å². The van der Waals surface area contributed by atoms with Gasteiger partial charge in [0.05, 0.1) is 0 Å². The Kier molecular flexibility index (Phi) is 9.17. The van der Waals surface area contributed by atoms with E-state index >= 15 is 0 Å². The molecule has 1 aliphatic rings. The molecule has 2 heteroatoms. The fraction of sp³-hybridized carbons (Fsp3) is 0.311. The van der Waals surface area contributed by atoms with E-state index in [-0.39, 0.29) is 22.1 Å². The van der Waals surface area contributed by atoms with Crippen LogP contribution in [0.25, 0.3) is 0 Å². The van der Waals surface area contributed by atoms with Crippen LogP contribution in [0, 0.1) is 27.7 Å². The topological polar surface area (TPSA) is 17.1 Å². The van der Waals surface area contributed by atoms with Gasteiger partial charge >= 0.3 is 0 Å². The molecule has 0 amide bonds. The third kappa shape index (κ3) is 6.28. The lowest BCUT2D eigenvalue weighted by Crippen LogP contribution is -2.45. The number of ketones is 1. The molecule has 0 radical (unpaired) electrons. The van der Waals surface area contributed by atoms with Crippen LogP contribution in [0.2, 0.25) is 0 Å². The zero-order chi connectivity index (χ0) is 33.5. The van der Waals surface area contributed by atoms with Gasteiger partial charge in [0, 0.05) is 24.7 Å². The molecule has 1 fully saturated rings. The first kappa shape index (κ1) is 33.1. The van der Waals surface area contributed by atoms with E-state index < -0.39 is 7.92 Å². The third-order valence-corrected chi connectivity index (χ3v) is 14.0. The second-order valence-electron chi connectivity index (χ2n) is 14.9. The first-order valence-corrected chi connectivity index (χ1v) is 18.4. The predicted molar refractivity (Wildman–Crippen MR) is 202 cm³/mol. The van der Waals surface area contributed by atoms with Crippen molar-refractivity contribution in [2.45, 2.75) is 90.4 Å². The number of hydrogen-bond acceptors (Lipinski definition) is 1. The molecule has 0 aliphatic carbocycles. The van der Waals surface area contributed by atoms with Crippen LogP contribution in [0.1, 0.15) is 108 Å². The third-order valence-electron chi connectivity index (χ3n) is 10.3. The van der Waals surface area contributed by atoms with Crippen molar-refractivity contribution >= 4 is 19.0 Å². The zero-order valence-electron chi connectivity index (χ0n) is 29.4. The van der Waals surface area contributed by atoms with Crippen LogP contribution in [0.5, 0.6) is 0 Å². The van der Waals surface area contributed by atoms with Gasteiger partial charge in [0.2, 0.25) is 0 Å². The van der Waals surface area contributed by atoms with E-state index in [0.29, 0.717) is 18.6 Å². The van der Waals surface area contributed by atoms with Crippen molar-refractivity contribution in [2.75, 3.05) is 0 Å². The molecule has 0 spiro atoms. The Balaban J connectivity index is 1.78. The van der Waals surface area contributed by atoms with E-state index in [4.69, 9.17) is 0 Å². The van der Waals surface area contributed by atoms with Crippen LogP contribution in [0.4, 0.5) is 0 Å². The van der Waals surface area contributed by atoms with Gasteiger partial charge in [-0.2, -0.15) is 0 Å². The fourth-order valence-corrected chi connectivity index (χ4v) is 13.2. The molecule has 0 aromatic heterocycles. The van der Waals surface area contributed by atoms with Crippen LogP contribution in [-0.4, -0.2) is 16.1 Å². The highest BCUT2D eigenvalue weighted by atomic mass is 31.1. The first-order chi connectivity index (χ1) is 22.4. The molecule has 6 rings (SSSR count). The average molecular weight is 637 g/mol. The summed E-state index contributed by atoms with van der Waals surface area (Å²) in [5.74, 6) is 0.517. The van der Waals surface area contributed by atoms with Crippen molar-refractivity contribution in [1.82, 2.24) is 0 Å². The molecule has 1 heterocycles. The molecule has 2 atom stereocenters. The summed E-state index contributed by atoms with van der Waals surface area (Å²) in [5, 5.41) is 1.16. The van der Waals surface area contributed by atoms with Gasteiger partial charge in [-0.15, -0.1) is 0 Å². The lowest BCUT2D eigenvalue weighted by molar-refractivity contribution is -0.120. The van der Waals surface area contributed by atoms with Gasteiger partial charge < -0.3 is 0 Å². The van der Waals surface area contributed by atoms with E-state index in [1.165, 1.54) is 60.9 Å². The SMILES string of the molecule is Cc1cccc(C)c1C(c1ccccc1)c1cccc(C(c2ccccc2)c2c(C)cccc2C)c1P1C(C)(C)CC(=O)CC1(C)C. The van der Waals surface area contributed by atoms with Crippen LogP contribution in [-0.2, 0) is 4.79 Å². The summed E-state index contributed by atoms with van der Waals surface area (Å²) in [6.07, 6.45) is 1.24. The summed E-state index contributed by atoms with van der Waals surface area (Å²) in [5.41, 5.74) is 13.4. The normalized spacial score (nSPS) is 17.3. The molecule has 5 aromatic rings. The molecule has 240 valence electrons. The molecule has 0 N–H and O–H groups in total. The molecular formula is C45H49OP. The Morgan fingerprint density at radius 3 is 1.19 bits per heavy atom. The van der Waals surface area contributed by atoms with Gasteiger partial charge in [-0.1, -0.05) is 151 Å². The standard InChI is InChI=1S/C45H49OP/c1-30-18-15-19-31(2)39(30)41(34-22-11-9-12-23-34)37-26-17-27-38(43(37)47-44(5,6)28-36(46)29-45(47,7)8)42(35-24-13-10-14-25-35)40-32(3)20-16-21-33(40)4/h9-27,41-42H,28-29H2,1-8H3. The quantitative estimate of drug-likeness (QED) is 0.128. The van der Waals surface area contributed by atoms with Crippen LogP contribution in [0.15, 0.2) is 115 Å². The van der Waals surface area contributed by atoms with Gasteiger partial charge in [0.1, 0.15) is 5.78 Å². The predicted octanol–water partition coefficient (Wildman–Crippen LogP) is 11.3. The van der Waals surface area contributed by atoms with E-state index in [9.17, 15) is 4.79 Å². The summed E-state index contributed by atoms with van der Waals surface area (Å²) < 4.78 is 0. The molecule has 5 aromatic carbocycles. The highest BCUT2D eigenvalue weighted by Gasteiger charge is 2.50. The maximum Gasteiger partial charge on any atom is 0.134 e. The van der Waals surface area contributed by atoms with Gasteiger partial charge in [0.25, 0.3) is 0 Å². The second-order valence-corrected chi connectivity index (χ2v) is 18.5. The maximum atomic E-state index is 13.4. The van der Waals surface area contributed by atoms with E-state index in [0.717, 1.165) is 0 Å². The Bertz CT molecular complexity index is 1730. The maximum absolute atomic E-state index is 13.4. The van der Waals surface area contributed by atoms with E-state index in [2.05, 4.69) is 171 Å². The minimum Gasteiger partial charge on any atom is -0.300 e. The summed E-state index contributed by atoms with van der Waals surface area (Å²) >= 11 is 0. The van der Waals surface area contributed by atoms with Gasteiger partial charge in [-0.25, -0.2) is 0 Å². The Morgan fingerprint density at radius 2 is 0.830 bits per heavy atom. The molecule has 2 unspecified atom stereocenters. The Labute approximate surface area is 284 Å². The minimum absolute atomic E-state index is 0.0634. The van der Waals surface area contributed by atoms with Crippen LogP contribution in [0.3, 0.4) is 0 Å². The van der Waals surface area contributed by atoms with Crippen LogP contribution < -0.4 is 5.30 Å². The monoisotopic (exact) mass is 636 g/mol. The average Bonchev–Trinajstić information content (AvgIpc) is 3.01. The molecule has 0 saturated carbocycles. The lowest BCUT2D eigenvalue weighted by atomic mass is 9.77. The summed E-state index contributed by atoms with van der Waals surface area (Å²) in [6.45, 7) is 18.5. The van der Waals surface area contributed by atoms with Gasteiger partial charge in [0.15, 0.2) is 0 Å². The molecular weight excluding hydrogens is 587 g/mol. The number of hydrogen-bond donors (Lipinski definition) is 0. The highest BCUT2D eigenvalue weighted by Crippen LogP contribution is 2.66. The fourth-order valence-electron chi connectivity index (χ4n) is 8.77. The number of carbonyl (C=O) groups is 1. The van der Waals surface area contributed by atoms with E-state index in [1.54, 1.807) is 0 Å². The smallest absolute Gasteiger partial charge is 0.134 e. The molecule has 1 saturated heterocycles.